The molecule has 1 fully saturated rings. The Kier molecular flexibility index (Phi) is 3.03. The molecule has 2 atom stereocenters. The van der Waals surface area contributed by atoms with E-state index < -0.39 is 9.84 Å². The molecule has 5 nitrogen and oxygen atoms in total. The van der Waals surface area contributed by atoms with E-state index in [2.05, 4.69) is 5.10 Å². The van der Waals surface area contributed by atoms with E-state index >= 15 is 0 Å². The number of rotatable bonds is 3. The van der Waals surface area contributed by atoms with Crippen LogP contribution in [0.5, 0.6) is 0 Å². The molecule has 16 heavy (non-hydrogen) atoms. The zero-order valence-corrected chi connectivity index (χ0v) is 10.2. The predicted molar refractivity (Wildman–Crippen MR) is 61.6 cm³/mol. The van der Waals surface area contributed by atoms with E-state index in [1.807, 2.05) is 13.1 Å². The maximum absolute atomic E-state index is 11.4. The molecule has 0 aliphatic carbocycles. The molecule has 1 saturated heterocycles. The third-order valence-electron chi connectivity index (χ3n) is 3.14. The molecule has 0 spiro atoms. The minimum absolute atomic E-state index is 0.0412. The van der Waals surface area contributed by atoms with Crippen molar-refractivity contribution in [3.8, 4) is 0 Å². The third kappa shape index (κ3) is 2.27. The van der Waals surface area contributed by atoms with Crippen LogP contribution in [0, 0.1) is 5.92 Å². The molecule has 0 amide bonds. The summed E-state index contributed by atoms with van der Waals surface area (Å²) in [5, 5.41) is 4.15. The van der Waals surface area contributed by atoms with Gasteiger partial charge in [0.2, 0.25) is 0 Å². The first-order valence-electron chi connectivity index (χ1n) is 5.50. The number of hydrogen-bond donors (Lipinski definition) is 1. The Labute approximate surface area is 95.6 Å². The highest BCUT2D eigenvalue weighted by atomic mass is 32.2. The lowest BCUT2D eigenvalue weighted by atomic mass is 9.96. The number of aromatic nitrogens is 2. The normalized spacial score (nSPS) is 25.8. The van der Waals surface area contributed by atoms with E-state index in [0.29, 0.717) is 6.42 Å². The van der Waals surface area contributed by atoms with Gasteiger partial charge in [-0.1, -0.05) is 0 Å². The van der Waals surface area contributed by atoms with E-state index in [0.717, 1.165) is 12.1 Å². The van der Waals surface area contributed by atoms with Crippen LogP contribution >= 0.6 is 0 Å². The first-order chi connectivity index (χ1) is 7.52. The van der Waals surface area contributed by atoms with Crippen LogP contribution in [-0.4, -0.2) is 29.7 Å². The van der Waals surface area contributed by atoms with Crippen molar-refractivity contribution in [3.63, 3.8) is 0 Å². The molecular weight excluding hydrogens is 226 g/mol. The monoisotopic (exact) mass is 243 g/mol. The van der Waals surface area contributed by atoms with Crippen molar-refractivity contribution in [2.24, 2.45) is 11.7 Å². The van der Waals surface area contributed by atoms with Gasteiger partial charge < -0.3 is 5.73 Å². The van der Waals surface area contributed by atoms with Gasteiger partial charge in [-0.25, -0.2) is 8.42 Å². The largest absolute Gasteiger partial charge is 0.324 e. The molecule has 1 aliphatic rings. The van der Waals surface area contributed by atoms with Gasteiger partial charge in [0.25, 0.3) is 0 Å². The fourth-order valence-electron chi connectivity index (χ4n) is 2.10. The predicted octanol–water partition coefficient (Wildman–Crippen LogP) is 0.337. The average molecular weight is 243 g/mol. The van der Waals surface area contributed by atoms with Crippen LogP contribution in [0.15, 0.2) is 12.4 Å². The standard InChI is InChI=1S/C10H17N3O2S/c1-2-13-6-9(5-12-13)10(11)8-3-4-16(14,15)7-8/h5-6,8,10H,2-4,7,11H2,1H3. The highest BCUT2D eigenvalue weighted by Crippen LogP contribution is 2.29. The summed E-state index contributed by atoms with van der Waals surface area (Å²) in [4.78, 5) is 0. The van der Waals surface area contributed by atoms with Crippen LogP contribution < -0.4 is 5.73 Å². The summed E-state index contributed by atoms with van der Waals surface area (Å²) in [6.07, 6.45) is 4.30. The molecule has 2 unspecified atom stereocenters. The van der Waals surface area contributed by atoms with E-state index in [4.69, 9.17) is 5.73 Å². The quantitative estimate of drug-likeness (QED) is 0.830. The second-order valence-electron chi connectivity index (χ2n) is 4.32. The molecule has 2 rings (SSSR count). The van der Waals surface area contributed by atoms with Crippen LogP contribution in [-0.2, 0) is 16.4 Å². The fourth-order valence-corrected chi connectivity index (χ4v) is 3.96. The van der Waals surface area contributed by atoms with Crippen LogP contribution in [0.25, 0.3) is 0 Å². The highest BCUT2D eigenvalue weighted by molar-refractivity contribution is 7.91. The second kappa shape index (κ2) is 4.18. The molecule has 0 aromatic carbocycles. The molecule has 90 valence electrons. The van der Waals surface area contributed by atoms with Crippen molar-refractivity contribution >= 4 is 9.84 Å². The molecular formula is C10H17N3O2S. The van der Waals surface area contributed by atoms with Gasteiger partial charge >= 0.3 is 0 Å². The summed E-state index contributed by atoms with van der Waals surface area (Å²) in [5.41, 5.74) is 7.01. The Balaban J connectivity index is 2.11. The molecule has 6 heteroatoms. The molecule has 2 heterocycles. The Morgan fingerprint density at radius 1 is 1.69 bits per heavy atom. The van der Waals surface area contributed by atoms with Crippen molar-refractivity contribution in [1.29, 1.82) is 0 Å². The van der Waals surface area contributed by atoms with Crippen molar-refractivity contribution in [2.45, 2.75) is 25.9 Å². The number of nitrogens with two attached hydrogens (primary N) is 1. The minimum atomic E-state index is -2.85. The summed E-state index contributed by atoms with van der Waals surface area (Å²) in [5.74, 6) is 0.526. The van der Waals surface area contributed by atoms with E-state index in [1.165, 1.54) is 0 Å². The summed E-state index contributed by atoms with van der Waals surface area (Å²) in [7, 11) is -2.85. The van der Waals surface area contributed by atoms with Gasteiger partial charge in [-0.2, -0.15) is 5.10 Å². The van der Waals surface area contributed by atoms with Crippen LogP contribution in [0.1, 0.15) is 24.9 Å². The van der Waals surface area contributed by atoms with Gasteiger partial charge in [-0.3, -0.25) is 4.68 Å². The second-order valence-corrected chi connectivity index (χ2v) is 6.55. The Morgan fingerprint density at radius 2 is 2.44 bits per heavy atom. The van der Waals surface area contributed by atoms with Gasteiger partial charge in [0, 0.05) is 24.3 Å². The van der Waals surface area contributed by atoms with Crippen molar-refractivity contribution in [3.05, 3.63) is 18.0 Å². The van der Waals surface area contributed by atoms with E-state index in [-0.39, 0.29) is 23.5 Å². The van der Waals surface area contributed by atoms with Gasteiger partial charge in [-0.15, -0.1) is 0 Å². The topological polar surface area (TPSA) is 78.0 Å². The molecule has 0 saturated carbocycles. The number of nitrogens with zero attached hydrogens (tertiary/aromatic N) is 2. The fraction of sp³-hybridized carbons (Fsp3) is 0.700. The lowest BCUT2D eigenvalue weighted by Crippen LogP contribution is -2.22. The molecule has 0 radical (unpaired) electrons. The van der Waals surface area contributed by atoms with Gasteiger partial charge in [0.1, 0.15) is 0 Å². The molecule has 1 aromatic heterocycles. The van der Waals surface area contributed by atoms with Crippen LogP contribution in [0.2, 0.25) is 0 Å². The third-order valence-corrected chi connectivity index (χ3v) is 4.93. The molecule has 1 aromatic rings. The SMILES string of the molecule is CCn1cc(C(N)C2CCS(=O)(=O)C2)cn1. The lowest BCUT2D eigenvalue weighted by molar-refractivity contribution is 0.479. The summed E-state index contributed by atoms with van der Waals surface area (Å²) < 4.78 is 24.5. The number of aryl methyl sites for hydroxylation is 1. The zero-order chi connectivity index (χ0) is 11.8. The van der Waals surface area contributed by atoms with E-state index in [1.54, 1.807) is 10.9 Å². The van der Waals surface area contributed by atoms with Gasteiger partial charge in [-0.05, 0) is 19.3 Å². The first kappa shape index (κ1) is 11.6. The summed E-state index contributed by atoms with van der Waals surface area (Å²) >= 11 is 0. The Morgan fingerprint density at radius 3 is 2.94 bits per heavy atom. The van der Waals surface area contributed by atoms with Gasteiger partial charge in [0.05, 0.1) is 17.7 Å². The Hall–Kier alpha value is -0.880. The number of hydrogen-bond acceptors (Lipinski definition) is 4. The highest BCUT2D eigenvalue weighted by Gasteiger charge is 2.33. The van der Waals surface area contributed by atoms with Crippen LogP contribution in [0.4, 0.5) is 0 Å². The smallest absolute Gasteiger partial charge is 0.150 e. The molecule has 0 bridgehead atoms. The molecule has 1 aliphatic heterocycles. The van der Waals surface area contributed by atoms with E-state index in [9.17, 15) is 8.42 Å². The summed E-state index contributed by atoms with van der Waals surface area (Å²) in [6, 6.07) is -0.211. The average Bonchev–Trinajstić information content (AvgIpc) is 2.83. The maximum Gasteiger partial charge on any atom is 0.150 e. The number of sulfone groups is 1. The lowest BCUT2D eigenvalue weighted by Gasteiger charge is -2.15. The Bertz CT molecular complexity index is 466. The van der Waals surface area contributed by atoms with Crippen molar-refractivity contribution in [1.82, 2.24) is 9.78 Å². The van der Waals surface area contributed by atoms with Crippen LogP contribution in [0.3, 0.4) is 0 Å². The maximum atomic E-state index is 11.4. The van der Waals surface area contributed by atoms with Crippen molar-refractivity contribution in [2.75, 3.05) is 11.5 Å². The molecule has 2 N–H and O–H groups in total. The first-order valence-corrected chi connectivity index (χ1v) is 7.32. The summed E-state index contributed by atoms with van der Waals surface area (Å²) in [6.45, 7) is 2.80. The minimum Gasteiger partial charge on any atom is -0.324 e. The van der Waals surface area contributed by atoms with Crippen molar-refractivity contribution < 1.29 is 8.42 Å². The zero-order valence-electron chi connectivity index (χ0n) is 9.33. The van der Waals surface area contributed by atoms with Gasteiger partial charge in [0.15, 0.2) is 9.84 Å².